The van der Waals surface area contributed by atoms with Crippen LogP contribution in [0.25, 0.3) is 0 Å². The van der Waals surface area contributed by atoms with E-state index in [2.05, 4.69) is 39.6 Å². The van der Waals surface area contributed by atoms with Gasteiger partial charge in [-0.3, -0.25) is 4.99 Å². The van der Waals surface area contributed by atoms with Gasteiger partial charge in [-0.2, -0.15) is 0 Å². The molecule has 5 nitrogen and oxygen atoms in total. The van der Waals surface area contributed by atoms with E-state index in [0.29, 0.717) is 11.3 Å². The molecule has 2 fully saturated rings. The number of anilines is 1. The molecule has 0 aromatic heterocycles. The molecule has 1 heterocycles. The lowest BCUT2D eigenvalue weighted by Gasteiger charge is -2.42. The Bertz CT molecular complexity index is 681. The molecular formula is C22H36ClIN4O. The summed E-state index contributed by atoms with van der Waals surface area (Å²) in [7, 11) is 3.64. The molecule has 1 aliphatic carbocycles. The van der Waals surface area contributed by atoms with Gasteiger partial charge in [0.1, 0.15) is 0 Å². The first-order chi connectivity index (χ1) is 13.5. The summed E-state index contributed by atoms with van der Waals surface area (Å²) in [5, 5.41) is 7.91. The van der Waals surface area contributed by atoms with Gasteiger partial charge in [-0.1, -0.05) is 24.1 Å². The van der Waals surface area contributed by atoms with Crippen molar-refractivity contribution in [3.05, 3.63) is 28.8 Å². The van der Waals surface area contributed by atoms with Gasteiger partial charge in [0.25, 0.3) is 0 Å². The molecule has 1 aromatic carbocycles. The fraction of sp³-hybridized carbons (Fsp3) is 0.682. The number of benzene rings is 1. The van der Waals surface area contributed by atoms with Crippen molar-refractivity contribution in [3.63, 3.8) is 0 Å². The number of aryl methyl sites for hydroxylation is 1. The Hall–Kier alpha value is -0.730. The van der Waals surface area contributed by atoms with Gasteiger partial charge in [-0.25, -0.2) is 0 Å². The van der Waals surface area contributed by atoms with Gasteiger partial charge >= 0.3 is 0 Å². The topological polar surface area (TPSA) is 48.9 Å². The van der Waals surface area contributed by atoms with Crippen molar-refractivity contribution in [2.45, 2.75) is 39.0 Å². The average Bonchev–Trinajstić information content (AvgIpc) is 3.13. The highest BCUT2D eigenvalue weighted by Gasteiger charge is 2.36. The number of rotatable bonds is 8. The fourth-order valence-electron chi connectivity index (χ4n) is 4.38. The lowest BCUT2D eigenvalue weighted by Crippen LogP contribution is -2.47. The zero-order chi connectivity index (χ0) is 20.0. The van der Waals surface area contributed by atoms with Crippen LogP contribution in [0.2, 0.25) is 5.02 Å². The van der Waals surface area contributed by atoms with Gasteiger partial charge in [-0.05, 0) is 61.6 Å². The third kappa shape index (κ3) is 6.62. The van der Waals surface area contributed by atoms with E-state index in [1.165, 1.54) is 36.9 Å². The summed E-state index contributed by atoms with van der Waals surface area (Å²) in [6.45, 7) is 7.06. The first-order valence-corrected chi connectivity index (χ1v) is 10.9. The molecular weight excluding hydrogens is 499 g/mol. The van der Waals surface area contributed by atoms with E-state index in [1.807, 2.05) is 13.1 Å². The Morgan fingerprint density at radius 1 is 1.34 bits per heavy atom. The van der Waals surface area contributed by atoms with E-state index < -0.39 is 0 Å². The molecule has 1 atom stereocenters. The molecule has 1 aliphatic heterocycles. The number of guanidine groups is 1. The molecule has 1 saturated heterocycles. The molecule has 0 spiro atoms. The summed E-state index contributed by atoms with van der Waals surface area (Å²) in [6, 6.07) is 6.16. The molecule has 1 unspecified atom stereocenters. The lowest BCUT2D eigenvalue weighted by molar-refractivity contribution is 0.0732. The largest absolute Gasteiger partial charge is 0.385 e. The van der Waals surface area contributed by atoms with E-state index in [0.717, 1.165) is 50.2 Å². The molecule has 2 N–H and O–H groups in total. The third-order valence-electron chi connectivity index (χ3n) is 6.46. The number of aliphatic imine (C=N–C) groups is 1. The van der Waals surface area contributed by atoms with Crippen LogP contribution in [0.1, 0.15) is 37.7 Å². The standard InChI is InChI=1S/C22H35ClN4O.HI/c1-17-5-6-19(23)13-20(17)27-11-7-18(15-27)14-25-21(24-2)26-16-22(8-4-9-22)10-12-28-3;/h5-6,13,18H,4,7-12,14-16H2,1-3H3,(H2,24,25,26);1H. The summed E-state index contributed by atoms with van der Waals surface area (Å²) >= 11 is 6.20. The van der Waals surface area contributed by atoms with Crippen LogP contribution in [0.15, 0.2) is 23.2 Å². The summed E-state index contributed by atoms with van der Waals surface area (Å²) in [6.07, 6.45) is 6.23. The molecule has 0 amide bonds. The fourth-order valence-corrected chi connectivity index (χ4v) is 4.55. The number of hydrogen-bond acceptors (Lipinski definition) is 3. The second kappa shape index (κ2) is 11.6. The van der Waals surface area contributed by atoms with Crippen molar-refractivity contribution in [1.82, 2.24) is 10.6 Å². The zero-order valence-electron chi connectivity index (χ0n) is 18.0. The summed E-state index contributed by atoms with van der Waals surface area (Å²) in [4.78, 5) is 6.88. The number of ether oxygens (including phenoxy) is 1. The Morgan fingerprint density at radius 3 is 2.79 bits per heavy atom. The maximum absolute atomic E-state index is 6.20. The lowest BCUT2D eigenvalue weighted by atomic mass is 9.67. The van der Waals surface area contributed by atoms with Crippen molar-refractivity contribution in [3.8, 4) is 0 Å². The Balaban J connectivity index is 0.00000300. The van der Waals surface area contributed by atoms with Crippen LogP contribution in [-0.4, -0.2) is 52.9 Å². The summed E-state index contributed by atoms with van der Waals surface area (Å²) in [5.74, 6) is 1.53. The number of nitrogens with one attached hydrogen (secondary N) is 2. The van der Waals surface area contributed by atoms with Crippen LogP contribution in [0.3, 0.4) is 0 Å². The van der Waals surface area contributed by atoms with E-state index in [-0.39, 0.29) is 24.0 Å². The predicted octanol–water partition coefficient (Wildman–Crippen LogP) is 4.46. The average molecular weight is 535 g/mol. The van der Waals surface area contributed by atoms with E-state index >= 15 is 0 Å². The monoisotopic (exact) mass is 534 g/mol. The molecule has 29 heavy (non-hydrogen) atoms. The van der Waals surface area contributed by atoms with Crippen molar-refractivity contribution in [2.75, 3.05) is 51.8 Å². The van der Waals surface area contributed by atoms with Crippen LogP contribution < -0.4 is 15.5 Å². The number of nitrogens with zero attached hydrogens (tertiary/aromatic N) is 2. The van der Waals surface area contributed by atoms with Crippen LogP contribution >= 0.6 is 35.6 Å². The molecule has 7 heteroatoms. The van der Waals surface area contributed by atoms with Gasteiger partial charge in [0.2, 0.25) is 0 Å². The van der Waals surface area contributed by atoms with Gasteiger partial charge in [0.05, 0.1) is 0 Å². The SMILES string of the molecule is CN=C(NCC1CCN(c2cc(Cl)ccc2C)C1)NCC1(CCOC)CCC1.I. The number of hydrogen-bond donors (Lipinski definition) is 2. The Morgan fingerprint density at radius 2 is 2.14 bits per heavy atom. The maximum atomic E-state index is 6.20. The second-order valence-electron chi connectivity index (χ2n) is 8.43. The highest BCUT2D eigenvalue weighted by Crippen LogP contribution is 2.43. The molecule has 164 valence electrons. The molecule has 0 bridgehead atoms. The minimum absolute atomic E-state index is 0. The maximum Gasteiger partial charge on any atom is 0.191 e. The van der Waals surface area contributed by atoms with E-state index in [4.69, 9.17) is 16.3 Å². The van der Waals surface area contributed by atoms with Crippen molar-refractivity contribution in [2.24, 2.45) is 16.3 Å². The Kier molecular flexibility index (Phi) is 9.82. The van der Waals surface area contributed by atoms with E-state index in [1.54, 1.807) is 7.11 Å². The van der Waals surface area contributed by atoms with Crippen molar-refractivity contribution in [1.29, 1.82) is 0 Å². The quantitative estimate of drug-likeness (QED) is 0.294. The van der Waals surface area contributed by atoms with Crippen LogP contribution in [0.4, 0.5) is 5.69 Å². The van der Waals surface area contributed by atoms with Crippen molar-refractivity contribution >= 4 is 47.2 Å². The Labute approximate surface area is 198 Å². The summed E-state index contributed by atoms with van der Waals surface area (Å²) in [5.41, 5.74) is 2.95. The normalized spacial score (nSPS) is 20.8. The van der Waals surface area contributed by atoms with Gasteiger partial charge in [0, 0.05) is 57.7 Å². The smallest absolute Gasteiger partial charge is 0.191 e. The van der Waals surface area contributed by atoms with Crippen LogP contribution in [0, 0.1) is 18.3 Å². The van der Waals surface area contributed by atoms with Crippen LogP contribution in [-0.2, 0) is 4.74 Å². The minimum atomic E-state index is 0. The summed E-state index contributed by atoms with van der Waals surface area (Å²) < 4.78 is 5.30. The molecule has 1 saturated carbocycles. The number of halogens is 2. The van der Waals surface area contributed by atoms with Gasteiger partial charge < -0.3 is 20.3 Å². The van der Waals surface area contributed by atoms with Gasteiger partial charge in [-0.15, -0.1) is 24.0 Å². The van der Waals surface area contributed by atoms with Crippen molar-refractivity contribution < 1.29 is 4.74 Å². The minimum Gasteiger partial charge on any atom is -0.385 e. The molecule has 1 aromatic rings. The molecule has 2 aliphatic rings. The first kappa shape index (κ1) is 24.5. The third-order valence-corrected chi connectivity index (χ3v) is 6.70. The molecule has 3 rings (SSSR count). The molecule has 0 radical (unpaired) electrons. The predicted molar refractivity (Wildman–Crippen MR) is 134 cm³/mol. The highest BCUT2D eigenvalue weighted by atomic mass is 127. The van der Waals surface area contributed by atoms with Gasteiger partial charge in [0.15, 0.2) is 5.96 Å². The first-order valence-electron chi connectivity index (χ1n) is 10.5. The highest BCUT2D eigenvalue weighted by molar-refractivity contribution is 14.0. The zero-order valence-corrected chi connectivity index (χ0v) is 21.1. The van der Waals surface area contributed by atoms with Crippen LogP contribution in [0.5, 0.6) is 0 Å². The van der Waals surface area contributed by atoms with E-state index in [9.17, 15) is 0 Å². The number of methoxy groups -OCH3 is 1. The second-order valence-corrected chi connectivity index (χ2v) is 8.87.